The molecule has 132 valence electrons. The Morgan fingerprint density at radius 2 is 1.96 bits per heavy atom. The molecule has 1 heterocycles. The van der Waals surface area contributed by atoms with E-state index in [1.807, 2.05) is 13.0 Å². The van der Waals surface area contributed by atoms with Crippen molar-refractivity contribution in [3.8, 4) is 0 Å². The maximum absolute atomic E-state index is 12.4. The molecule has 0 aliphatic heterocycles. The fourth-order valence-electron chi connectivity index (χ4n) is 2.86. The van der Waals surface area contributed by atoms with E-state index in [1.165, 1.54) is 34.6 Å². The molecule has 6 heteroatoms. The number of nitrogens with one attached hydrogen (secondary N) is 1. The van der Waals surface area contributed by atoms with Crippen molar-refractivity contribution >= 4 is 40.5 Å². The highest BCUT2D eigenvalue weighted by Gasteiger charge is 2.24. The van der Waals surface area contributed by atoms with Crippen molar-refractivity contribution in [3.05, 3.63) is 50.7 Å². The third kappa shape index (κ3) is 4.41. The van der Waals surface area contributed by atoms with Gasteiger partial charge in [0.1, 0.15) is 4.88 Å². The van der Waals surface area contributed by atoms with Gasteiger partial charge in [-0.1, -0.05) is 18.5 Å². The molecule has 0 fully saturated rings. The highest BCUT2D eigenvalue weighted by Crippen LogP contribution is 2.30. The van der Waals surface area contributed by atoms with Crippen LogP contribution in [0.1, 0.15) is 46.3 Å². The zero-order valence-corrected chi connectivity index (χ0v) is 15.6. The van der Waals surface area contributed by atoms with E-state index in [4.69, 9.17) is 16.3 Å². The average Bonchev–Trinajstić information content (AvgIpc) is 3.05. The maximum atomic E-state index is 12.4. The van der Waals surface area contributed by atoms with Crippen molar-refractivity contribution in [1.29, 1.82) is 0 Å². The number of hydrogen-bond acceptors (Lipinski definition) is 4. The van der Waals surface area contributed by atoms with Crippen LogP contribution in [0.4, 0.5) is 5.69 Å². The summed E-state index contributed by atoms with van der Waals surface area (Å²) in [5.74, 6) is -0.753. The largest absolute Gasteiger partial charge is 0.448 e. The zero-order chi connectivity index (χ0) is 17.8. The van der Waals surface area contributed by atoms with E-state index in [1.54, 1.807) is 24.3 Å². The van der Waals surface area contributed by atoms with Gasteiger partial charge in [-0.15, -0.1) is 11.3 Å². The van der Waals surface area contributed by atoms with E-state index in [9.17, 15) is 9.59 Å². The molecule has 1 amide bonds. The van der Waals surface area contributed by atoms with Crippen LogP contribution in [0.3, 0.4) is 0 Å². The molecule has 2 aromatic rings. The first-order chi connectivity index (χ1) is 12.1. The van der Waals surface area contributed by atoms with Crippen LogP contribution in [-0.2, 0) is 22.4 Å². The number of carbonyl (C=O) groups is 2. The van der Waals surface area contributed by atoms with Crippen molar-refractivity contribution in [2.24, 2.45) is 0 Å². The molecule has 0 spiro atoms. The highest BCUT2D eigenvalue weighted by molar-refractivity contribution is 7.14. The first-order valence-corrected chi connectivity index (χ1v) is 9.65. The standard InChI is InChI=1S/C19H20ClNO3S/c1-2-15(18(22)21-14-9-7-13(20)8-10-14)24-19(23)17-11-12-5-3-4-6-16(12)25-17/h7-11,15H,2-6H2,1H3,(H,21,22). The van der Waals surface area contributed by atoms with Gasteiger partial charge in [0.15, 0.2) is 6.10 Å². The summed E-state index contributed by atoms with van der Waals surface area (Å²) < 4.78 is 5.45. The summed E-state index contributed by atoms with van der Waals surface area (Å²) in [4.78, 5) is 26.7. The van der Waals surface area contributed by atoms with Crippen LogP contribution in [0.5, 0.6) is 0 Å². The zero-order valence-electron chi connectivity index (χ0n) is 14.0. The second-order valence-corrected chi connectivity index (χ2v) is 7.64. The Morgan fingerprint density at radius 1 is 1.24 bits per heavy atom. The maximum Gasteiger partial charge on any atom is 0.349 e. The number of aryl methyl sites for hydroxylation is 2. The molecule has 1 aromatic carbocycles. The molecule has 0 bridgehead atoms. The van der Waals surface area contributed by atoms with E-state index < -0.39 is 12.1 Å². The van der Waals surface area contributed by atoms with Gasteiger partial charge in [0.05, 0.1) is 0 Å². The number of fused-ring (bicyclic) bond motifs is 1. The Balaban J connectivity index is 1.64. The Bertz CT molecular complexity index is 746. The lowest BCUT2D eigenvalue weighted by Crippen LogP contribution is -2.31. The van der Waals surface area contributed by atoms with Gasteiger partial charge in [-0.2, -0.15) is 0 Å². The van der Waals surface area contributed by atoms with Crippen LogP contribution in [0.2, 0.25) is 5.02 Å². The molecule has 0 saturated heterocycles. The minimum absolute atomic E-state index is 0.334. The van der Waals surface area contributed by atoms with E-state index in [0.717, 1.165) is 12.8 Å². The normalized spacial score (nSPS) is 14.5. The molecule has 0 radical (unpaired) electrons. The quantitative estimate of drug-likeness (QED) is 0.757. The molecular weight excluding hydrogens is 358 g/mol. The molecule has 1 aliphatic rings. The second-order valence-electron chi connectivity index (χ2n) is 6.06. The second kappa shape index (κ2) is 8.02. The fourth-order valence-corrected chi connectivity index (χ4v) is 4.12. The topological polar surface area (TPSA) is 55.4 Å². The summed E-state index contributed by atoms with van der Waals surface area (Å²) in [5, 5.41) is 3.35. The molecule has 1 atom stereocenters. The fraction of sp³-hybridized carbons (Fsp3) is 0.368. The lowest BCUT2D eigenvalue weighted by Gasteiger charge is -2.15. The Morgan fingerprint density at radius 3 is 2.64 bits per heavy atom. The monoisotopic (exact) mass is 377 g/mol. The summed E-state index contributed by atoms with van der Waals surface area (Å²) in [5.41, 5.74) is 1.87. The van der Waals surface area contributed by atoms with Crippen LogP contribution >= 0.6 is 22.9 Å². The van der Waals surface area contributed by atoms with Gasteiger partial charge in [-0.3, -0.25) is 4.79 Å². The Hall–Kier alpha value is -1.85. The number of anilines is 1. The van der Waals surface area contributed by atoms with Crippen molar-refractivity contribution < 1.29 is 14.3 Å². The summed E-state index contributed by atoms with van der Waals surface area (Å²) in [7, 11) is 0. The third-order valence-corrected chi connectivity index (χ3v) is 5.69. The Labute approximate surface area is 156 Å². The first kappa shape index (κ1) is 18.0. The number of carbonyl (C=O) groups excluding carboxylic acids is 2. The van der Waals surface area contributed by atoms with Crippen LogP contribution in [0.15, 0.2) is 30.3 Å². The SMILES string of the molecule is CCC(OC(=O)c1cc2c(s1)CCCC2)C(=O)Nc1ccc(Cl)cc1. The van der Waals surface area contributed by atoms with E-state index in [2.05, 4.69) is 5.32 Å². The number of ether oxygens (including phenoxy) is 1. The van der Waals surface area contributed by atoms with Gasteiger partial charge in [0.2, 0.25) is 0 Å². The average molecular weight is 378 g/mol. The molecule has 1 aromatic heterocycles. The molecule has 3 rings (SSSR count). The summed E-state index contributed by atoms with van der Waals surface area (Å²) >= 11 is 7.33. The molecular formula is C19H20ClNO3S. The van der Waals surface area contributed by atoms with Crippen LogP contribution < -0.4 is 5.32 Å². The minimum Gasteiger partial charge on any atom is -0.448 e. The van der Waals surface area contributed by atoms with Gasteiger partial charge < -0.3 is 10.1 Å². The number of rotatable bonds is 5. The van der Waals surface area contributed by atoms with Crippen molar-refractivity contribution in [1.82, 2.24) is 0 Å². The number of benzene rings is 1. The molecule has 1 unspecified atom stereocenters. The molecule has 25 heavy (non-hydrogen) atoms. The van der Waals surface area contributed by atoms with Gasteiger partial charge in [-0.05, 0) is 68.0 Å². The number of hydrogen-bond donors (Lipinski definition) is 1. The van der Waals surface area contributed by atoms with Crippen LogP contribution in [-0.4, -0.2) is 18.0 Å². The van der Waals surface area contributed by atoms with E-state index in [-0.39, 0.29) is 5.91 Å². The van der Waals surface area contributed by atoms with Crippen LogP contribution in [0, 0.1) is 0 Å². The number of thiophene rings is 1. The minimum atomic E-state index is -0.817. The number of esters is 1. The summed E-state index contributed by atoms with van der Waals surface area (Å²) in [6.45, 7) is 1.82. The van der Waals surface area contributed by atoms with Gasteiger partial charge in [0, 0.05) is 15.6 Å². The summed E-state index contributed by atoms with van der Waals surface area (Å²) in [6, 6.07) is 8.73. The molecule has 1 aliphatic carbocycles. The number of halogens is 1. The molecule has 4 nitrogen and oxygen atoms in total. The van der Waals surface area contributed by atoms with E-state index in [0.29, 0.717) is 22.0 Å². The smallest absolute Gasteiger partial charge is 0.349 e. The van der Waals surface area contributed by atoms with Crippen molar-refractivity contribution in [2.45, 2.75) is 45.1 Å². The van der Waals surface area contributed by atoms with Gasteiger partial charge in [-0.25, -0.2) is 4.79 Å². The third-order valence-electron chi connectivity index (χ3n) is 4.22. The highest BCUT2D eigenvalue weighted by atomic mass is 35.5. The predicted molar refractivity (Wildman–Crippen MR) is 101 cm³/mol. The van der Waals surface area contributed by atoms with Crippen LogP contribution in [0.25, 0.3) is 0 Å². The van der Waals surface area contributed by atoms with Crippen molar-refractivity contribution in [3.63, 3.8) is 0 Å². The lowest BCUT2D eigenvalue weighted by atomic mass is 9.99. The molecule has 0 saturated carbocycles. The predicted octanol–water partition coefficient (Wildman–Crippen LogP) is 4.85. The van der Waals surface area contributed by atoms with Crippen molar-refractivity contribution in [2.75, 3.05) is 5.32 Å². The summed E-state index contributed by atoms with van der Waals surface area (Å²) in [6.07, 6.45) is 3.98. The van der Waals surface area contributed by atoms with Gasteiger partial charge >= 0.3 is 5.97 Å². The van der Waals surface area contributed by atoms with E-state index >= 15 is 0 Å². The van der Waals surface area contributed by atoms with Gasteiger partial charge in [0.25, 0.3) is 5.91 Å². The Kier molecular flexibility index (Phi) is 5.76. The molecule has 1 N–H and O–H groups in total. The first-order valence-electron chi connectivity index (χ1n) is 8.46. The lowest BCUT2D eigenvalue weighted by molar-refractivity contribution is -0.124. The number of amides is 1.